The molecule has 0 amide bonds. The van der Waals surface area contributed by atoms with E-state index in [0.717, 1.165) is 19.5 Å². The molecule has 2 atom stereocenters. The summed E-state index contributed by atoms with van der Waals surface area (Å²) in [7, 11) is 0. The van der Waals surface area contributed by atoms with Gasteiger partial charge in [-0.25, -0.2) is 0 Å². The van der Waals surface area contributed by atoms with Crippen molar-refractivity contribution in [2.45, 2.75) is 12.0 Å². The van der Waals surface area contributed by atoms with Crippen LogP contribution in [0.3, 0.4) is 0 Å². The largest absolute Gasteiger partial charge is 0.388 e. The number of rotatable bonds is 0. The lowest BCUT2D eigenvalue weighted by molar-refractivity contribution is 0.155. The van der Waals surface area contributed by atoms with E-state index in [9.17, 15) is 5.11 Å². The van der Waals surface area contributed by atoms with E-state index in [0.29, 0.717) is 5.92 Å². The zero-order valence-corrected chi connectivity index (χ0v) is 4.15. The lowest BCUT2D eigenvalue weighted by Crippen LogP contribution is -2.19. The topological polar surface area (TPSA) is 32.3 Å². The fourth-order valence-corrected chi connectivity index (χ4v) is 1.31. The van der Waals surface area contributed by atoms with Crippen LogP contribution in [-0.2, 0) is 0 Å². The predicted octanol–water partition coefficient (Wildman–Crippen LogP) is -0.659. The van der Waals surface area contributed by atoms with Gasteiger partial charge in [0.25, 0.3) is 0 Å². The molecule has 2 fully saturated rings. The Morgan fingerprint density at radius 1 is 1.71 bits per heavy atom. The smallest absolute Gasteiger partial charge is 0.0816 e. The third-order valence-corrected chi connectivity index (χ3v) is 2.02. The van der Waals surface area contributed by atoms with E-state index in [-0.39, 0.29) is 5.60 Å². The molecule has 1 aliphatic carbocycles. The Morgan fingerprint density at radius 2 is 2.57 bits per heavy atom. The molecule has 2 rings (SSSR count). The summed E-state index contributed by atoms with van der Waals surface area (Å²) in [4.78, 5) is 0. The maximum atomic E-state index is 9.21. The molecule has 0 aromatic carbocycles. The van der Waals surface area contributed by atoms with Crippen molar-refractivity contribution in [2.24, 2.45) is 5.92 Å². The molecule has 0 unspecified atom stereocenters. The number of β-amino-alcohol motifs (C(OH)–C–C–N with tert-alkyl or cyclic N) is 1. The lowest BCUT2D eigenvalue weighted by atomic mass is 10.3. The second-order valence-corrected chi connectivity index (χ2v) is 2.64. The van der Waals surface area contributed by atoms with Crippen LogP contribution in [0, 0.1) is 5.92 Å². The molecule has 7 heavy (non-hydrogen) atoms. The highest BCUT2D eigenvalue weighted by atomic mass is 16.3. The fourth-order valence-electron chi connectivity index (χ4n) is 1.31. The van der Waals surface area contributed by atoms with Gasteiger partial charge in [-0.3, -0.25) is 0 Å². The Bertz CT molecular complexity index is 102. The van der Waals surface area contributed by atoms with Gasteiger partial charge in [-0.2, -0.15) is 0 Å². The number of hydrogen-bond donors (Lipinski definition) is 2. The number of fused-ring (bicyclic) bond motifs is 1. The third-order valence-electron chi connectivity index (χ3n) is 2.02. The number of hydrogen-bond acceptors (Lipinski definition) is 2. The molecule has 0 radical (unpaired) electrons. The molecule has 2 aliphatic rings. The van der Waals surface area contributed by atoms with Crippen molar-refractivity contribution in [2.75, 3.05) is 13.1 Å². The van der Waals surface area contributed by atoms with Gasteiger partial charge in [0.1, 0.15) is 0 Å². The second kappa shape index (κ2) is 0.858. The monoisotopic (exact) mass is 99.1 g/mol. The van der Waals surface area contributed by atoms with Gasteiger partial charge in [0.15, 0.2) is 0 Å². The van der Waals surface area contributed by atoms with E-state index < -0.39 is 0 Å². The standard InChI is InChI=1S/C5H9NO/c7-5-1-4(5)2-6-3-5/h4,6-7H,1-3H2/t4-,5+/m0/s1. The molecule has 1 aliphatic heterocycles. The summed E-state index contributed by atoms with van der Waals surface area (Å²) >= 11 is 0. The van der Waals surface area contributed by atoms with Gasteiger partial charge in [-0.1, -0.05) is 0 Å². The maximum absolute atomic E-state index is 9.21. The van der Waals surface area contributed by atoms with Crippen molar-refractivity contribution in [3.63, 3.8) is 0 Å². The molecule has 1 saturated carbocycles. The van der Waals surface area contributed by atoms with E-state index >= 15 is 0 Å². The fraction of sp³-hybridized carbons (Fsp3) is 1.00. The van der Waals surface area contributed by atoms with Crippen LogP contribution < -0.4 is 5.32 Å². The van der Waals surface area contributed by atoms with Crippen LogP contribution >= 0.6 is 0 Å². The van der Waals surface area contributed by atoms with E-state index in [4.69, 9.17) is 0 Å². The zero-order chi connectivity index (χ0) is 4.91. The third kappa shape index (κ3) is 0.359. The van der Waals surface area contributed by atoms with Crippen LogP contribution in [0.2, 0.25) is 0 Å². The molecule has 0 spiro atoms. The molecule has 40 valence electrons. The van der Waals surface area contributed by atoms with Crippen LogP contribution in [0.15, 0.2) is 0 Å². The van der Waals surface area contributed by atoms with Gasteiger partial charge in [0.05, 0.1) is 5.60 Å². The Labute approximate surface area is 42.5 Å². The summed E-state index contributed by atoms with van der Waals surface area (Å²) < 4.78 is 0. The minimum absolute atomic E-state index is 0.250. The minimum Gasteiger partial charge on any atom is -0.388 e. The average molecular weight is 99.1 g/mol. The van der Waals surface area contributed by atoms with Crippen LogP contribution in [0.25, 0.3) is 0 Å². The van der Waals surface area contributed by atoms with Crippen LogP contribution in [-0.4, -0.2) is 23.8 Å². The lowest BCUT2D eigenvalue weighted by Gasteiger charge is -1.97. The van der Waals surface area contributed by atoms with E-state index in [1.165, 1.54) is 0 Å². The minimum atomic E-state index is -0.250. The molecule has 1 heterocycles. The van der Waals surface area contributed by atoms with Gasteiger partial charge in [0, 0.05) is 19.0 Å². The molecule has 2 nitrogen and oxygen atoms in total. The molecular weight excluding hydrogens is 90.1 g/mol. The van der Waals surface area contributed by atoms with Crippen molar-refractivity contribution in [3.8, 4) is 0 Å². The van der Waals surface area contributed by atoms with Gasteiger partial charge < -0.3 is 10.4 Å². The summed E-state index contributed by atoms with van der Waals surface area (Å²) in [5.74, 6) is 0.604. The number of aliphatic hydroxyl groups is 1. The molecular formula is C5H9NO. The van der Waals surface area contributed by atoms with Crippen LogP contribution in [0.5, 0.6) is 0 Å². The first kappa shape index (κ1) is 3.87. The van der Waals surface area contributed by atoms with Crippen molar-refractivity contribution in [1.82, 2.24) is 5.32 Å². The molecule has 1 saturated heterocycles. The highest BCUT2D eigenvalue weighted by Gasteiger charge is 2.55. The van der Waals surface area contributed by atoms with Crippen LogP contribution in [0.4, 0.5) is 0 Å². The predicted molar refractivity (Wildman–Crippen MR) is 25.9 cm³/mol. The van der Waals surface area contributed by atoms with Crippen molar-refractivity contribution < 1.29 is 5.11 Å². The van der Waals surface area contributed by atoms with E-state index in [1.54, 1.807) is 0 Å². The van der Waals surface area contributed by atoms with Crippen molar-refractivity contribution >= 4 is 0 Å². The summed E-state index contributed by atoms with van der Waals surface area (Å²) in [5, 5.41) is 12.3. The maximum Gasteiger partial charge on any atom is 0.0816 e. The highest BCUT2D eigenvalue weighted by molar-refractivity contribution is 5.10. The quantitative estimate of drug-likeness (QED) is 0.422. The summed E-state index contributed by atoms with van der Waals surface area (Å²) in [5.41, 5.74) is -0.250. The van der Waals surface area contributed by atoms with E-state index in [1.807, 2.05) is 0 Å². The Balaban J connectivity index is 2.17. The van der Waals surface area contributed by atoms with Gasteiger partial charge in [-0.05, 0) is 6.42 Å². The number of piperidine rings is 1. The molecule has 0 aromatic heterocycles. The molecule has 2 N–H and O–H groups in total. The van der Waals surface area contributed by atoms with Crippen LogP contribution in [0.1, 0.15) is 6.42 Å². The van der Waals surface area contributed by atoms with Crippen molar-refractivity contribution in [3.05, 3.63) is 0 Å². The average Bonchev–Trinajstić information content (AvgIpc) is 2.09. The highest BCUT2D eigenvalue weighted by Crippen LogP contribution is 2.45. The summed E-state index contributed by atoms with van der Waals surface area (Å²) in [6, 6.07) is 0. The molecule has 2 heteroatoms. The Morgan fingerprint density at radius 3 is 2.71 bits per heavy atom. The molecule has 0 aromatic rings. The first-order valence-electron chi connectivity index (χ1n) is 2.74. The summed E-state index contributed by atoms with van der Waals surface area (Å²) in [6.45, 7) is 1.87. The van der Waals surface area contributed by atoms with Gasteiger partial charge in [-0.15, -0.1) is 0 Å². The first-order valence-corrected chi connectivity index (χ1v) is 2.74. The SMILES string of the molecule is O[C@]12CNC[C@@H]1C2. The second-order valence-electron chi connectivity index (χ2n) is 2.64. The van der Waals surface area contributed by atoms with Gasteiger partial charge >= 0.3 is 0 Å². The number of nitrogens with one attached hydrogen (secondary N) is 1. The van der Waals surface area contributed by atoms with Crippen molar-refractivity contribution in [1.29, 1.82) is 0 Å². The van der Waals surface area contributed by atoms with E-state index in [2.05, 4.69) is 5.32 Å². The molecule has 0 bridgehead atoms. The first-order chi connectivity index (χ1) is 3.31. The van der Waals surface area contributed by atoms with Gasteiger partial charge in [0.2, 0.25) is 0 Å². The Hall–Kier alpha value is -0.0800. The zero-order valence-electron chi connectivity index (χ0n) is 4.15. The normalized spacial score (nSPS) is 57.0. The Kier molecular flexibility index (Phi) is 0.474. The summed E-state index contributed by atoms with van der Waals surface area (Å²) in [6.07, 6.45) is 1.04.